The van der Waals surface area contributed by atoms with Crippen LogP contribution in [-0.2, 0) is 18.3 Å². The van der Waals surface area contributed by atoms with Crippen LogP contribution in [0.2, 0.25) is 0 Å². The van der Waals surface area contributed by atoms with Gasteiger partial charge in [0.05, 0.1) is 18.3 Å². The zero-order valence-electron chi connectivity index (χ0n) is 11.3. The van der Waals surface area contributed by atoms with Gasteiger partial charge < -0.3 is 15.4 Å². The zero-order valence-corrected chi connectivity index (χ0v) is 11.3. The number of nitrogens with zero attached hydrogens (tertiary/aromatic N) is 3. The fraction of sp³-hybridized carbons (Fsp3) is 0.667. The Morgan fingerprint density at radius 1 is 1.56 bits per heavy atom. The Bertz CT molecular complexity index is 461. The highest BCUT2D eigenvalue weighted by atomic mass is 16.6. The van der Waals surface area contributed by atoms with E-state index in [0.717, 1.165) is 11.3 Å². The normalized spacial score (nSPS) is 19.6. The maximum atomic E-state index is 12.0. The van der Waals surface area contributed by atoms with E-state index < -0.39 is 5.60 Å². The van der Waals surface area contributed by atoms with Crippen LogP contribution in [-0.4, -0.2) is 32.9 Å². The molecule has 0 radical (unpaired) electrons. The van der Waals surface area contributed by atoms with E-state index in [1.54, 1.807) is 9.58 Å². The van der Waals surface area contributed by atoms with Crippen LogP contribution in [0.15, 0.2) is 6.20 Å². The third-order valence-electron chi connectivity index (χ3n) is 2.75. The van der Waals surface area contributed by atoms with E-state index in [9.17, 15) is 4.79 Å². The quantitative estimate of drug-likeness (QED) is 0.752. The molecule has 0 spiro atoms. The predicted molar refractivity (Wildman–Crippen MR) is 66.8 cm³/mol. The number of carbonyl (C=O) groups excluding carboxylic acids is 1. The van der Waals surface area contributed by atoms with Crippen LogP contribution in [0, 0.1) is 0 Å². The molecular formula is C12H20N4O2. The first kappa shape index (κ1) is 12.9. The summed E-state index contributed by atoms with van der Waals surface area (Å²) in [6.45, 7) is 6.47. The van der Waals surface area contributed by atoms with E-state index in [2.05, 4.69) is 5.10 Å². The molecule has 1 aromatic rings. The summed E-state index contributed by atoms with van der Waals surface area (Å²) >= 11 is 0. The lowest BCUT2D eigenvalue weighted by molar-refractivity contribution is 0.0203. The fourth-order valence-corrected chi connectivity index (χ4v) is 2.03. The number of rotatable bonds is 0. The van der Waals surface area contributed by atoms with Gasteiger partial charge in [-0.05, 0) is 20.8 Å². The molecule has 1 unspecified atom stereocenters. The van der Waals surface area contributed by atoms with E-state index in [4.69, 9.17) is 10.5 Å². The Labute approximate surface area is 107 Å². The molecule has 0 bridgehead atoms. The highest BCUT2D eigenvalue weighted by Gasteiger charge is 2.31. The Morgan fingerprint density at radius 3 is 2.83 bits per heavy atom. The predicted octanol–water partition coefficient (Wildman–Crippen LogP) is 1.17. The summed E-state index contributed by atoms with van der Waals surface area (Å²) in [7, 11) is 1.85. The largest absolute Gasteiger partial charge is 0.444 e. The molecule has 0 aromatic carbocycles. The van der Waals surface area contributed by atoms with E-state index in [1.807, 2.05) is 34.0 Å². The third-order valence-corrected chi connectivity index (χ3v) is 2.75. The fourth-order valence-electron chi connectivity index (χ4n) is 2.03. The van der Waals surface area contributed by atoms with Crippen LogP contribution in [0.1, 0.15) is 38.1 Å². The summed E-state index contributed by atoms with van der Waals surface area (Å²) in [5, 5.41) is 4.32. The van der Waals surface area contributed by atoms with Crippen LogP contribution in [0.4, 0.5) is 4.79 Å². The summed E-state index contributed by atoms with van der Waals surface area (Å²) in [6, 6.07) is -0.199. The van der Waals surface area contributed by atoms with Crippen molar-refractivity contribution in [1.29, 1.82) is 0 Å². The minimum atomic E-state index is -0.494. The van der Waals surface area contributed by atoms with Crippen molar-refractivity contribution in [3.05, 3.63) is 17.5 Å². The molecule has 6 heteroatoms. The molecule has 2 N–H and O–H groups in total. The van der Waals surface area contributed by atoms with Crippen LogP contribution in [0.25, 0.3) is 0 Å². The van der Waals surface area contributed by atoms with Crippen molar-refractivity contribution in [2.24, 2.45) is 12.8 Å². The standard InChI is InChI=1S/C12H20N4O2/c1-12(2,3)18-11(17)16-6-9(13)8-5-15(4)14-10(8)7-16/h5,9H,6-7,13H2,1-4H3. The molecule has 2 rings (SSSR count). The van der Waals surface area contributed by atoms with Gasteiger partial charge >= 0.3 is 6.09 Å². The first-order valence-electron chi connectivity index (χ1n) is 6.02. The molecule has 1 aromatic heterocycles. The first-order valence-corrected chi connectivity index (χ1v) is 6.02. The van der Waals surface area contributed by atoms with Crippen molar-refractivity contribution in [1.82, 2.24) is 14.7 Å². The Morgan fingerprint density at radius 2 is 2.22 bits per heavy atom. The zero-order chi connectivity index (χ0) is 13.5. The number of hydrogen-bond donors (Lipinski definition) is 1. The molecule has 1 atom stereocenters. The van der Waals surface area contributed by atoms with Crippen molar-refractivity contribution >= 4 is 6.09 Å². The maximum Gasteiger partial charge on any atom is 0.410 e. The van der Waals surface area contributed by atoms with Crippen molar-refractivity contribution in [2.45, 2.75) is 39.0 Å². The number of amides is 1. The van der Waals surface area contributed by atoms with E-state index >= 15 is 0 Å². The summed E-state index contributed by atoms with van der Waals surface area (Å²) in [4.78, 5) is 13.6. The van der Waals surface area contributed by atoms with Crippen LogP contribution >= 0.6 is 0 Å². The SMILES string of the molecule is Cn1cc2c(n1)CN(C(=O)OC(C)(C)C)CC2N. The maximum absolute atomic E-state index is 12.0. The van der Waals surface area contributed by atoms with Gasteiger partial charge in [-0.25, -0.2) is 4.79 Å². The van der Waals surface area contributed by atoms with Crippen LogP contribution in [0.5, 0.6) is 0 Å². The van der Waals surface area contributed by atoms with Gasteiger partial charge in [-0.2, -0.15) is 5.10 Å². The summed E-state index contributed by atoms with van der Waals surface area (Å²) in [5.41, 5.74) is 7.41. The molecule has 1 aliphatic rings. The van der Waals surface area contributed by atoms with Gasteiger partial charge in [-0.1, -0.05) is 0 Å². The van der Waals surface area contributed by atoms with E-state index in [0.29, 0.717) is 13.1 Å². The number of hydrogen-bond acceptors (Lipinski definition) is 4. The van der Waals surface area contributed by atoms with Gasteiger partial charge in [0.15, 0.2) is 0 Å². The number of ether oxygens (including phenoxy) is 1. The second-order valence-corrected chi connectivity index (χ2v) is 5.67. The third kappa shape index (κ3) is 2.64. The van der Waals surface area contributed by atoms with Gasteiger partial charge in [-0.3, -0.25) is 4.68 Å². The van der Waals surface area contributed by atoms with E-state index in [-0.39, 0.29) is 12.1 Å². The Kier molecular flexibility index (Phi) is 3.06. The van der Waals surface area contributed by atoms with Gasteiger partial charge in [0, 0.05) is 25.4 Å². The first-order chi connectivity index (χ1) is 8.26. The van der Waals surface area contributed by atoms with Gasteiger partial charge in [-0.15, -0.1) is 0 Å². The van der Waals surface area contributed by atoms with Gasteiger partial charge in [0.1, 0.15) is 5.60 Å². The lowest BCUT2D eigenvalue weighted by Gasteiger charge is -2.32. The molecule has 0 saturated carbocycles. The molecule has 2 heterocycles. The lowest BCUT2D eigenvalue weighted by atomic mass is 10.0. The second kappa shape index (κ2) is 4.28. The van der Waals surface area contributed by atoms with Crippen LogP contribution in [0.3, 0.4) is 0 Å². The van der Waals surface area contributed by atoms with Crippen LogP contribution < -0.4 is 5.73 Å². The molecular weight excluding hydrogens is 232 g/mol. The van der Waals surface area contributed by atoms with Gasteiger partial charge in [0.25, 0.3) is 0 Å². The summed E-state index contributed by atoms with van der Waals surface area (Å²) in [5.74, 6) is 0. The molecule has 0 saturated heterocycles. The smallest absolute Gasteiger partial charge is 0.410 e. The Balaban J connectivity index is 2.13. The van der Waals surface area contributed by atoms with Crippen molar-refractivity contribution < 1.29 is 9.53 Å². The summed E-state index contributed by atoms with van der Waals surface area (Å²) in [6.07, 6.45) is 1.57. The molecule has 6 nitrogen and oxygen atoms in total. The topological polar surface area (TPSA) is 73.4 Å². The summed E-state index contributed by atoms with van der Waals surface area (Å²) < 4.78 is 7.07. The monoisotopic (exact) mass is 252 g/mol. The number of fused-ring (bicyclic) bond motifs is 1. The molecule has 1 aliphatic heterocycles. The van der Waals surface area contributed by atoms with Gasteiger partial charge in [0.2, 0.25) is 0 Å². The average Bonchev–Trinajstić information content (AvgIpc) is 2.56. The molecule has 1 amide bonds. The molecule has 100 valence electrons. The molecule has 18 heavy (non-hydrogen) atoms. The number of aromatic nitrogens is 2. The highest BCUT2D eigenvalue weighted by Crippen LogP contribution is 2.24. The van der Waals surface area contributed by atoms with E-state index in [1.165, 1.54) is 0 Å². The number of aryl methyl sites for hydroxylation is 1. The van der Waals surface area contributed by atoms with Crippen molar-refractivity contribution in [3.8, 4) is 0 Å². The van der Waals surface area contributed by atoms with Crippen molar-refractivity contribution in [3.63, 3.8) is 0 Å². The lowest BCUT2D eigenvalue weighted by Crippen LogP contribution is -2.43. The second-order valence-electron chi connectivity index (χ2n) is 5.67. The molecule has 0 fully saturated rings. The number of carbonyl (C=O) groups is 1. The minimum Gasteiger partial charge on any atom is -0.444 e. The minimum absolute atomic E-state index is 0.199. The highest BCUT2D eigenvalue weighted by molar-refractivity contribution is 5.68. The Hall–Kier alpha value is -1.56. The average molecular weight is 252 g/mol. The molecule has 0 aliphatic carbocycles. The van der Waals surface area contributed by atoms with Crippen molar-refractivity contribution in [2.75, 3.05) is 6.54 Å². The number of nitrogens with two attached hydrogens (primary N) is 1.